The SMILES string of the molecule is CC(C)(ON=C(C(=O)N[C@@H]1C(=O)N2C(C(=O)O)=C(CS(=O)(=O)c3ccc(O)c(O)c3)CS[C@H]12)c1csc(N)n1)C(=O)NNC(=O)c1ccc(O)c(O)c1. The van der Waals surface area contributed by atoms with Crippen molar-refractivity contribution in [1.82, 2.24) is 26.1 Å². The molecule has 5 rings (SSSR count). The first kappa shape index (κ1) is 38.2. The maximum Gasteiger partial charge on any atom is 0.352 e. The average Bonchev–Trinajstić information content (AvgIpc) is 3.53. The second-order valence-corrected chi connectivity index (χ2v) is 15.7. The van der Waals surface area contributed by atoms with Gasteiger partial charge in [-0.15, -0.1) is 23.1 Å². The lowest BCUT2D eigenvalue weighted by atomic mass is 10.0. The predicted octanol–water partition coefficient (Wildman–Crippen LogP) is -0.279. The van der Waals surface area contributed by atoms with Crippen molar-refractivity contribution in [3.8, 4) is 23.0 Å². The number of sulfone groups is 1. The number of β-lactam (4-membered cyclic amide) rings is 1. The number of thiazole rings is 1. The molecule has 0 radical (unpaired) electrons. The fraction of sp³-hybridized carbons (Fsp3) is 0.233. The molecule has 1 saturated heterocycles. The predicted molar refractivity (Wildman–Crippen MR) is 185 cm³/mol. The molecule has 2 aromatic carbocycles. The molecule has 53 heavy (non-hydrogen) atoms. The van der Waals surface area contributed by atoms with Crippen LogP contribution < -0.4 is 21.9 Å². The first-order chi connectivity index (χ1) is 24.8. The molecule has 20 nitrogen and oxygen atoms in total. The van der Waals surface area contributed by atoms with Gasteiger partial charge >= 0.3 is 5.97 Å². The third-order valence-corrected chi connectivity index (χ3v) is 11.3. The van der Waals surface area contributed by atoms with Crippen LogP contribution in [0.5, 0.6) is 23.0 Å². The number of rotatable bonds is 11. The molecule has 280 valence electrons. The first-order valence-electron chi connectivity index (χ1n) is 14.9. The van der Waals surface area contributed by atoms with Crippen molar-refractivity contribution in [2.75, 3.05) is 17.2 Å². The molecule has 0 bridgehead atoms. The van der Waals surface area contributed by atoms with Crippen LogP contribution in [0.25, 0.3) is 0 Å². The number of phenolic OH excluding ortho intramolecular Hbond substituents is 4. The standard InChI is InChI=1S/C30H29N7O13S3/c1-30(2,28(47)35-34-23(42)12-3-5-16(38)18(40)7-12)50-36-20(15-10-52-29(31)32-15)24(43)33-21-25(44)37-22(27(45)46)13(9-51-26(21)37)11-53(48,49)14-4-6-17(39)19(41)8-14/h3-8,10,21,26,38-41H,9,11H2,1-2H3,(H2,31,32)(H,33,43)(H,34,42)(H,35,47)(H,45,46)/t21-,26-/m1/s1. The summed E-state index contributed by atoms with van der Waals surface area (Å²) in [4.78, 5) is 74.3. The molecule has 10 N–H and O–H groups in total. The van der Waals surface area contributed by atoms with Gasteiger partial charge in [0.05, 0.1) is 10.6 Å². The van der Waals surface area contributed by atoms with Gasteiger partial charge in [0, 0.05) is 22.8 Å². The minimum absolute atomic E-state index is 0.0236. The summed E-state index contributed by atoms with van der Waals surface area (Å²) in [6.45, 7) is 2.48. The molecule has 0 aliphatic carbocycles. The number of oxime groups is 1. The van der Waals surface area contributed by atoms with Crippen molar-refractivity contribution >= 4 is 73.4 Å². The van der Waals surface area contributed by atoms with E-state index >= 15 is 0 Å². The number of aromatic hydroxyl groups is 4. The highest BCUT2D eigenvalue weighted by Crippen LogP contribution is 2.41. The number of nitrogens with two attached hydrogens (primary N) is 1. The summed E-state index contributed by atoms with van der Waals surface area (Å²) in [5, 5.41) is 55.0. The number of benzene rings is 2. The summed E-state index contributed by atoms with van der Waals surface area (Å²) in [5.74, 6) is -8.64. The van der Waals surface area contributed by atoms with Gasteiger partial charge in [-0.25, -0.2) is 18.2 Å². The Morgan fingerprint density at radius 3 is 2.30 bits per heavy atom. The van der Waals surface area contributed by atoms with Gasteiger partial charge in [0.1, 0.15) is 22.8 Å². The zero-order valence-corrected chi connectivity index (χ0v) is 29.7. The molecule has 1 aromatic heterocycles. The number of hydrogen-bond acceptors (Lipinski definition) is 17. The summed E-state index contributed by atoms with van der Waals surface area (Å²) in [6.07, 6.45) is 0. The number of aliphatic carboxylic acids is 1. The van der Waals surface area contributed by atoms with E-state index in [2.05, 4.69) is 26.3 Å². The third-order valence-electron chi connectivity index (χ3n) is 7.63. The number of aromatic nitrogens is 1. The van der Waals surface area contributed by atoms with Crippen molar-refractivity contribution in [3.63, 3.8) is 0 Å². The molecule has 3 aromatic rings. The van der Waals surface area contributed by atoms with Gasteiger partial charge in [0.25, 0.3) is 23.6 Å². The molecule has 1 fully saturated rings. The number of nitrogens with zero attached hydrogens (tertiary/aromatic N) is 3. The Balaban J connectivity index is 1.30. The summed E-state index contributed by atoms with van der Waals surface area (Å²) in [7, 11) is -4.25. The van der Waals surface area contributed by atoms with Crippen LogP contribution in [-0.4, -0.2) is 108 Å². The van der Waals surface area contributed by atoms with Gasteiger partial charge in [-0.3, -0.25) is 34.9 Å². The van der Waals surface area contributed by atoms with Crippen molar-refractivity contribution in [2.24, 2.45) is 5.16 Å². The summed E-state index contributed by atoms with van der Waals surface area (Å²) in [6, 6.07) is 4.68. The quantitative estimate of drug-likeness (QED) is 0.0522. The Morgan fingerprint density at radius 1 is 1.04 bits per heavy atom. The number of carboxylic acids is 1. The lowest BCUT2D eigenvalue weighted by Crippen LogP contribution is -2.71. The number of carbonyl (C=O) groups excluding carboxylic acids is 4. The van der Waals surface area contributed by atoms with Crippen LogP contribution in [-0.2, 0) is 33.9 Å². The van der Waals surface area contributed by atoms with E-state index in [0.29, 0.717) is 0 Å². The van der Waals surface area contributed by atoms with E-state index in [-0.39, 0.29) is 27.7 Å². The zero-order chi connectivity index (χ0) is 39.0. The molecular formula is C30H29N7O13S3. The minimum atomic E-state index is -4.25. The van der Waals surface area contributed by atoms with Crippen molar-refractivity contribution in [1.29, 1.82) is 0 Å². The Labute approximate surface area is 306 Å². The molecule has 0 saturated carbocycles. The average molecular weight is 792 g/mol. The van der Waals surface area contributed by atoms with E-state index in [1.807, 2.05) is 0 Å². The summed E-state index contributed by atoms with van der Waals surface area (Å²) in [5.41, 5.74) is 6.60. The number of thioether (sulfide) groups is 1. The molecule has 4 amide bonds. The van der Waals surface area contributed by atoms with E-state index < -0.39 is 102 Å². The Kier molecular flexibility index (Phi) is 10.5. The van der Waals surface area contributed by atoms with Gasteiger partial charge < -0.3 is 41.4 Å². The number of carbonyl (C=O) groups is 5. The molecule has 2 aliphatic rings. The number of anilines is 1. The molecule has 0 spiro atoms. The Morgan fingerprint density at radius 2 is 1.70 bits per heavy atom. The highest BCUT2D eigenvalue weighted by Gasteiger charge is 2.55. The first-order valence-corrected chi connectivity index (χ1v) is 18.4. The van der Waals surface area contributed by atoms with E-state index in [1.54, 1.807) is 0 Å². The zero-order valence-electron chi connectivity index (χ0n) is 27.3. The number of hydrogen-bond donors (Lipinski definition) is 9. The van der Waals surface area contributed by atoms with Crippen LogP contribution in [0.3, 0.4) is 0 Å². The fourth-order valence-electron chi connectivity index (χ4n) is 4.82. The highest BCUT2D eigenvalue weighted by molar-refractivity contribution is 8.00. The van der Waals surface area contributed by atoms with E-state index in [4.69, 9.17) is 10.6 Å². The number of amides is 4. The maximum atomic E-state index is 13.5. The number of carboxylic acid groups (broad SMARTS) is 1. The summed E-state index contributed by atoms with van der Waals surface area (Å²) >= 11 is 1.91. The molecule has 3 heterocycles. The molecule has 23 heteroatoms. The van der Waals surface area contributed by atoms with Gasteiger partial charge in [0.2, 0.25) is 5.60 Å². The summed E-state index contributed by atoms with van der Waals surface area (Å²) < 4.78 is 26.1. The molecule has 2 atom stereocenters. The Bertz CT molecular complexity index is 2220. The van der Waals surface area contributed by atoms with E-state index in [1.165, 1.54) is 25.3 Å². The van der Waals surface area contributed by atoms with Crippen LogP contribution >= 0.6 is 23.1 Å². The van der Waals surface area contributed by atoms with Gasteiger partial charge in [0.15, 0.2) is 43.7 Å². The van der Waals surface area contributed by atoms with Crippen LogP contribution in [0.15, 0.2) is 63.1 Å². The van der Waals surface area contributed by atoms with Crippen molar-refractivity contribution in [2.45, 2.75) is 35.8 Å². The topological polar surface area (TPSA) is 320 Å². The van der Waals surface area contributed by atoms with Gasteiger partial charge in [-0.2, -0.15) is 0 Å². The van der Waals surface area contributed by atoms with Crippen molar-refractivity contribution in [3.05, 3.63) is 64.3 Å². The van der Waals surface area contributed by atoms with Crippen LogP contribution in [0, 0.1) is 0 Å². The Hall–Kier alpha value is -6.07. The highest BCUT2D eigenvalue weighted by atomic mass is 32.2. The molecule has 2 aliphatic heterocycles. The third kappa shape index (κ3) is 7.90. The maximum absolute atomic E-state index is 13.5. The molecular weight excluding hydrogens is 763 g/mol. The van der Waals surface area contributed by atoms with Gasteiger partial charge in [-0.1, -0.05) is 5.16 Å². The lowest BCUT2D eigenvalue weighted by Gasteiger charge is -2.49. The van der Waals surface area contributed by atoms with E-state index in [9.17, 15) is 57.9 Å². The second-order valence-electron chi connectivity index (χ2n) is 11.8. The number of fused-ring (bicyclic) bond motifs is 1. The van der Waals surface area contributed by atoms with Crippen LogP contribution in [0.1, 0.15) is 29.9 Å². The van der Waals surface area contributed by atoms with Crippen LogP contribution in [0.4, 0.5) is 5.13 Å². The van der Waals surface area contributed by atoms with Crippen LogP contribution in [0.2, 0.25) is 0 Å². The normalized spacial score (nSPS) is 17.4. The monoisotopic (exact) mass is 791 g/mol. The second kappa shape index (κ2) is 14.5. The van der Waals surface area contributed by atoms with Crippen molar-refractivity contribution < 1.29 is 62.8 Å². The van der Waals surface area contributed by atoms with E-state index in [0.717, 1.165) is 58.3 Å². The largest absolute Gasteiger partial charge is 0.504 e. The number of phenols is 4. The lowest BCUT2D eigenvalue weighted by molar-refractivity contribution is -0.150. The fourth-order valence-corrected chi connectivity index (χ4v) is 8.27. The smallest absolute Gasteiger partial charge is 0.352 e. The van der Waals surface area contributed by atoms with Gasteiger partial charge in [-0.05, 0) is 49.8 Å². The number of nitrogens with one attached hydrogen (secondary N) is 3. The minimum Gasteiger partial charge on any atom is -0.504 e. The number of hydrazine groups is 1. The molecule has 0 unspecified atom stereocenters. The number of nitrogen functional groups attached to an aromatic ring is 1.